The van der Waals surface area contributed by atoms with Gasteiger partial charge in [0.1, 0.15) is 18.0 Å². The molecule has 0 radical (unpaired) electrons. The van der Waals surface area contributed by atoms with Crippen LogP contribution in [0.4, 0.5) is 4.39 Å². The number of rotatable bonds is 4. The van der Waals surface area contributed by atoms with Crippen LogP contribution in [-0.4, -0.2) is 51.0 Å². The van der Waals surface area contributed by atoms with E-state index in [1.165, 1.54) is 6.20 Å². The van der Waals surface area contributed by atoms with E-state index >= 15 is 0 Å². The molecule has 2 aliphatic rings. The molecule has 5 atom stereocenters. The lowest BCUT2D eigenvalue weighted by Gasteiger charge is -2.39. The molecule has 0 amide bonds. The molecule has 2 bridgehead atoms. The molecule has 25 heavy (non-hydrogen) atoms. The third-order valence-corrected chi connectivity index (χ3v) is 4.84. The van der Waals surface area contributed by atoms with Crippen molar-refractivity contribution in [1.82, 2.24) is 20.1 Å². The number of ether oxygens (including phenoxy) is 2. The molecule has 0 spiro atoms. The van der Waals surface area contributed by atoms with Crippen LogP contribution in [0.25, 0.3) is 0 Å². The number of aliphatic hydroxyl groups is 1. The van der Waals surface area contributed by atoms with E-state index in [1.54, 1.807) is 16.9 Å². The molecule has 2 aromatic heterocycles. The van der Waals surface area contributed by atoms with Gasteiger partial charge in [0.15, 0.2) is 6.29 Å². The van der Waals surface area contributed by atoms with Gasteiger partial charge in [0.2, 0.25) is 0 Å². The summed E-state index contributed by atoms with van der Waals surface area (Å²) in [4.78, 5) is 3.75. The fraction of sp³-hybridized carbons (Fsp3) is 0.529. The highest BCUT2D eigenvalue weighted by molar-refractivity contribution is 5.14. The standard InChI is InChI=1S/C17H21FN4O3/c1-9-5-10(2)22(21-9)15-16(23)14(13-8-24-17(15)25-13)20-6-11-3-4-19-7-12(11)18/h3-5,7,13-17,20,23H,6,8H2,1-2H3/t13-,14-,15-,16+,17-/m1/s1. The van der Waals surface area contributed by atoms with Crippen LogP contribution in [0.5, 0.6) is 0 Å². The predicted molar refractivity (Wildman–Crippen MR) is 86.2 cm³/mol. The number of aromatic nitrogens is 3. The number of nitrogens with zero attached hydrogens (tertiary/aromatic N) is 3. The van der Waals surface area contributed by atoms with Crippen LogP contribution in [0.2, 0.25) is 0 Å². The van der Waals surface area contributed by atoms with Crippen LogP contribution in [-0.2, 0) is 16.0 Å². The summed E-state index contributed by atoms with van der Waals surface area (Å²) in [6, 6.07) is 2.72. The summed E-state index contributed by atoms with van der Waals surface area (Å²) < 4.78 is 27.2. The highest BCUT2D eigenvalue weighted by Crippen LogP contribution is 2.36. The van der Waals surface area contributed by atoms with E-state index in [1.807, 2.05) is 19.9 Å². The summed E-state index contributed by atoms with van der Waals surface area (Å²) in [5.74, 6) is -0.378. The van der Waals surface area contributed by atoms with Crippen LogP contribution in [0.15, 0.2) is 24.5 Å². The van der Waals surface area contributed by atoms with Gasteiger partial charge in [0.05, 0.1) is 30.6 Å². The van der Waals surface area contributed by atoms with Gasteiger partial charge in [0, 0.05) is 24.0 Å². The van der Waals surface area contributed by atoms with E-state index in [2.05, 4.69) is 15.4 Å². The number of aliphatic hydroxyl groups excluding tert-OH is 1. The van der Waals surface area contributed by atoms with Gasteiger partial charge in [0.25, 0.3) is 0 Å². The third-order valence-electron chi connectivity index (χ3n) is 4.84. The van der Waals surface area contributed by atoms with Crippen LogP contribution in [0.3, 0.4) is 0 Å². The Bertz CT molecular complexity index is 768. The lowest BCUT2D eigenvalue weighted by Crippen LogP contribution is -2.57. The van der Waals surface area contributed by atoms with Crippen molar-refractivity contribution in [3.05, 3.63) is 47.3 Å². The Hall–Kier alpha value is -1.87. The summed E-state index contributed by atoms with van der Waals surface area (Å²) in [5, 5.41) is 18.6. The first-order valence-electron chi connectivity index (χ1n) is 8.34. The minimum absolute atomic E-state index is 0.268. The average Bonchev–Trinajstić information content (AvgIpc) is 3.14. The molecule has 0 saturated carbocycles. The highest BCUT2D eigenvalue weighted by atomic mass is 19.1. The molecule has 4 heterocycles. The van der Waals surface area contributed by atoms with E-state index in [0.717, 1.165) is 11.4 Å². The van der Waals surface area contributed by atoms with Gasteiger partial charge in [-0.1, -0.05) is 0 Å². The van der Waals surface area contributed by atoms with Crippen molar-refractivity contribution in [1.29, 1.82) is 0 Å². The number of hydrogen-bond donors (Lipinski definition) is 2. The first-order chi connectivity index (χ1) is 12.0. The number of fused-ring (bicyclic) bond motifs is 2. The molecule has 2 aliphatic heterocycles. The molecular formula is C17H21FN4O3. The second-order valence-electron chi connectivity index (χ2n) is 6.60. The smallest absolute Gasteiger partial charge is 0.183 e. The molecule has 0 unspecified atom stereocenters. The van der Waals surface area contributed by atoms with E-state index in [0.29, 0.717) is 12.2 Å². The molecule has 134 valence electrons. The van der Waals surface area contributed by atoms with Crippen molar-refractivity contribution in [2.24, 2.45) is 0 Å². The monoisotopic (exact) mass is 348 g/mol. The molecular weight excluding hydrogens is 327 g/mol. The van der Waals surface area contributed by atoms with E-state index in [-0.39, 0.29) is 24.5 Å². The first kappa shape index (κ1) is 16.6. The molecule has 8 heteroatoms. The lowest BCUT2D eigenvalue weighted by atomic mass is 9.95. The highest BCUT2D eigenvalue weighted by Gasteiger charge is 2.51. The van der Waals surface area contributed by atoms with Gasteiger partial charge in [-0.15, -0.1) is 0 Å². The van der Waals surface area contributed by atoms with Gasteiger partial charge in [-0.3, -0.25) is 9.67 Å². The van der Waals surface area contributed by atoms with Crippen molar-refractivity contribution in [2.45, 2.75) is 51.0 Å². The molecule has 7 nitrogen and oxygen atoms in total. The minimum atomic E-state index is -0.769. The summed E-state index contributed by atoms with van der Waals surface area (Å²) in [6.07, 6.45) is 1.14. The maximum atomic E-state index is 13.8. The SMILES string of the molecule is Cc1cc(C)n([C@H]2[C@@H]3OC[C@@H](O3)[C@@H](NCc3ccncc3F)[C@@H]2O)n1. The molecule has 2 saturated heterocycles. The summed E-state index contributed by atoms with van der Waals surface area (Å²) in [6.45, 7) is 4.49. The van der Waals surface area contributed by atoms with E-state index in [9.17, 15) is 9.50 Å². The van der Waals surface area contributed by atoms with Gasteiger partial charge < -0.3 is 19.9 Å². The average molecular weight is 348 g/mol. The Balaban J connectivity index is 1.56. The predicted octanol–water partition coefficient (Wildman–Crippen LogP) is 0.850. The Morgan fingerprint density at radius 1 is 1.44 bits per heavy atom. The number of aryl methyl sites for hydroxylation is 2. The molecule has 0 aliphatic carbocycles. The number of hydrogen-bond acceptors (Lipinski definition) is 6. The van der Waals surface area contributed by atoms with Crippen molar-refractivity contribution >= 4 is 0 Å². The quantitative estimate of drug-likeness (QED) is 0.853. The number of pyridine rings is 1. The topological polar surface area (TPSA) is 81.4 Å². The van der Waals surface area contributed by atoms with E-state index in [4.69, 9.17) is 9.47 Å². The second-order valence-corrected chi connectivity index (χ2v) is 6.60. The van der Waals surface area contributed by atoms with Crippen LogP contribution in [0.1, 0.15) is 23.0 Å². The van der Waals surface area contributed by atoms with Crippen LogP contribution < -0.4 is 5.32 Å². The largest absolute Gasteiger partial charge is 0.389 e. The van der Waals surface area contributed by atoms with Crippen LogP contribution in [0, 0.1) is 19.7 Å². The molecule has 2 N–H and O–H groups in total. The maximum absolute atomic E-state index is 13.8. The van der Waals surface area contributed by atoms with Gasteiger partial charge in [-0.2, -0.15) is 5.10 Å². The first-order valence-corrected chi connectivity index (χ1v) is 8.34. The molecule has 2 aromatic rings. The fourth-order valence-electron chi connectivity index (χ4n) is 3.64. The molecule has 4 rings (SSSR count). The van der Waals surface area contributed by atoms with Crippen LogP contribution >= 0.6 is 0 Å². The molecule has 2 fully saturated rings. The Labute approximate surface area is 144 Å². The fourth-order valence-corrected chi connectivity index (χ4v) is 3.64. The Kier molecular flexibility index (Phi) is 4.28. The Morgan fingerprint density at radius 2 is 2.28 bits per heavy atom. The number of halogens is 1. The third kappa shape index (κ3) is 2.95. The summed E-state index contributed by atoms with van der Waals surface area (Å²) in [7, 11) is 0. The zero-order valence-electron chi connectivity index (χ0n) is 14.1. The molecule has 0 aromatic carbocycles. The van der Waals surface area contributed by atoms with Gasteiger partial charge in [-0.25, -0.2) is 4.39 Å². The van der Waals surface area contributed by atoms with Crippen molar-refractivity contribution in [2.75, 3.05) is 6.61 Å². The van der Waals surface area contributed by atoms with Gasteiger partial charge >= 0.3 is 0 Å². The second kappa shape index (κ2) is 6.45. The summed E-state index contributed by atoms with van der Waals surface area (Å²) in [5.41, 5.74) is 2.29. The zero-order valence-corrected chi connectivity index (χ0v) is 14.1. The summed E-state index contributed by atoms with van der Waals surface area (Å²) >= 11 is 0. The minimum Gasteiger partial charge on any atom is -0.389 e. The normalized spacial score (nSPS) is 31.4. The lowest BCUT2D eigenvalue weighted by molar-refractivity contribution is -0.168. The van der Waals surface area contributed by atoms with Crippen molar-refractivity contribution in [3.8, 4) is 0 Å². The van der Waals surface area contributed by atoms with Crippen molar-refractivity contribution < 1.29 is 19.0 Å². The maximum Gasteiger partial charge on any atom is 0.183 e. The van der Waals surface area contributed by atoms with E-state index < -0.39 is 18.4 Å². The van der Waals surface area contributed by atoms with Gasteiger partial charge in [-0.05, 0) is 26.0 Å². The Morgan fingerprint density at radius 3 is 3.00 bits per heavy atom. The zero-order chi connectivity index (χ0) is 17.6. The number of nitrogens with one attached hydrogen (secondary N) is 1. The van der Waals surface area contributed by atoms with Crippen molar-refractivity contribution in [3.63, 3.8) is 0 Å².